The van der Waals surface area contributed by atoms with E-state index in [2.05, 4.69) is 66.7 Å². The molecule has 0 saturated heterocycles. The molecule has 0 aliphatic carbocycles. The van der Waals surface area contributed by atoms with Crippen LogP contribution in [0.3, 0.4) is 0 Å². The Bertz CT molecular complexity index is 533. The second kappa shape index (κ2) is 14.9. The van der Waals surface area contributed by atoms with Crippen LogP contribution in [0.5, 0.6) is 5.75 Å². The van der Waals surface area contributed by atoms with Gasteiger partial charge in [0, 0.05) is 0 Å². The number of benzene rings is 1. The fraction of sp³-hybridized carbons (Fsp3) is 0.786. The molecule has 0 bridgehead atoms. The van der Waals surface area contributed by atoms with E-state index in [0.29, 0.717) is 0 Å². The monoisotopic (exact) mass is 402 g/mol. The largest absolute Gasteiger partial charge is 0.494 e. The van der Waals surface area contributed by atoms with Crippen molar-refractivity contribution in [3.8, 4) is 5.75 Å². The van der Waals surface area contributed by atoms with E-state index in [-0.39, 0.29) is 0 Å². The third kappa shape index (κ3) is 13.0. The van der Waals surface area contributed by atoms with E-state index in [9.17, 15) is 0 Å². The highest BCUT2D eigenvalue weighted by molar-refractivity contribution is 5.33. The molecule has 0 saturated carbocycles. The zero-order chi connectivity index (χ0) is 21.6. The number of aryl methyl sites for hydroxylation is 2. The predicted octanol–water partition coefficient (Wildman–Crippen LogP) is 9.15. The summed E-state index contributed by atoms with van der Waals surface area (Å²) in [5, 5.41) is 0. The van der Waals surface area contributed by atoms with E-state index in [1.807, 2.05) is 0 Å². The van der Waals surface area contributed by atoms with E-state index in [4.69, 9.17) is 4.74 Å². The minimum Gasteiger partial charge on any atom is -0.494 e. The highest BCUT2D eigenvalue weighted by atomic mass is 16.5. The Kier molecular flexibility index (Phi) is 13.4. The van der Waals surface area contributed by atoms with Gasteiger partial charge in [-0.25, -0.2) is 0 Å². The van der Waals surface area contributed by atoms with Gasteiger partial charge in [0.2, 0.25) is 0 Å². The molecule has 1 aromatic carbocycles. The Morgan fingerprint density at radius 2 is 1.10 bits per heavy atom. The van der Waals surface area contributed by atoms with E-state index >= 15 is 0 Å². The Balaban J connectivity index is 2.03. The normalized spacial score (nSPS) is 14.8. The predicted molar refractivity (Wildman–Crippen MR) is 130 cm³/mol. The molecule has 0 spiro atoms. The van der Waals surface area contributed by atoms with Crippen molar-refractivity contribution in [3.05, 3.63) is 29.3 Å². The summed E-state index contributed by atoms with van der Waals surface area (Å²) in [6.07, 6.45) is 13.8. The Morgan fingerprint density at radius 3 is 1.59 bits per heavy atom. The summed E-state index contributed by atoms with van der Waals surface area (Å²) in [5.74, 6) is 4.44. The van der Waals surface area contributed by atoms with Crippen molar-refractivity contribution in [1.82, 2.24) is 0 Å². The van der Waals surface area contributed by atoms with Crippen molar-refractivity contribution in [1.29, 1.82) is 0 Å². The van der Waals surface area contributed by atoms with Crippen LogP contribution in [0.25, 0.3) is 0 Å². The number of hydrogen-bond acceptors (Lipinski definition) is 1. The third-order valence-electron chi connectivity index (χ3n) is 6.62. The molecule has 3 atom stereocenters. The summed E-state index contributed by atoms with van der Waals surface area (Å²) in [6, 6.07) is 6.41. The third-order valence-corrected chi connectivity index (χ3v) is 6.62. The van der Waals surface area contributed by atoms with Gasteiger partial charge in [0.1, 0.15) is 5.75 Å². The number of hydrogen-bond donors (Lipinski definition) is 0. The van der Waals surface area contributed by atoms with Gasteiger partial charge in [0.25, 0.3) is 0 Å². The maximum Gasteiger partial charge on any atom is 0.119 e. The SMILES string of the molecule is Cc1ccc(OCCC(C)CCC[C@H](C)CCC[C@H](C)CCCC(C)C)cc1C. The van der Waals surface area contributed by atoms with Gasteiger partial charge in [-0.05, 0) is 67.2 Å². The molecule has 1 nitrogen and oxygen atoms in total. The van der Waals surface area contributed by atoms with Gasteiger partial charge >= 0.3 is 0 Å². The van der Waals surface area contributed by atoms with E-state index in [1.165, 1.54) is 68.9 Å². The van der Waals surface area contributed by atoms with Crippen LogP contribution in [0.4, 0.5) is 0 Å². The van der Waals surface area contributed by atoms with Gasteiger partial charge in [-0.2, -0.15) is 0 Å². The van der Waals surface area contributed by atoms with Crippen LogP contribution < -0.4 is 4.74 Å². The highest BCUT2D eigenvalue weighted by Gasteiger charge is 2.08. The second-order valence-electron chi connectivity index (χ2n) is 10.4. The van der Waals surface area contributed by atoms with Gasteiger partial charge in [-0.1, -0.05) is 98.5 Å². The summed E-state index contributed by atoms with van der Waals surface area (Å²) < 4.78 is 5.96. The smallest absolute Gasteiger partial charge is 0.119 e. The Labute approximate surface area is 183 Å². The molecule has 0 fully saturated rings. The lowest BCUT2D eigenvalue weighted by Crippen LogP contribution is -2.05. The zero-order valence-corrected chi connectivity index (χ0v) is 20.7. The van der Waals surface area contributed by atoms with Crippen LogP contribution in [-0.4, -0.2) is 6.61 Å². The summed E-state index contributed by atoms with van der Waals surface area (Å²) in [6.45, 7) is 17.1. The first kappa shape index (κ1) is 26.1. The first-order valence-corrected chi connectivity index (χ1v) is 12.5. The number of ether oxygens (including phenoxy) is 1. The molecule has 0 aliphatic rings. The Hall–Kier alpha value is -0.980. The van der Waals surface area contributed by atoms with Gasteiger partial charge in [-0.3, -0.25) is 0 Å². The molecule has 0 radical (unpaired) electrons. The molecule has 0 heterocycles. The molecule has 0 aromatic heterocycles. The van der Waals surface area contributed by atoms with Crippen molar-refractivity contribution in [3.63, 3.8) is 0 Å². The molecular formula is C28H50O. The highest BCUT2D eigenvalue weighted by Crippen LogP contribution is 2.23. The summed E-state index contributed by atoms with van der Waals surface area (Å²) in [5.41, 5.74) is 2.65. The minimum absolute atomic E-state index is 0.759. The minimum atomic E-state index is 0.759. The molecule has 0 N–H and O–H groups in total. The maximum atomic E-state index is 5.96. The van der Waals surface area contributed by atoms with Crippen LogP contribution in [0.1, 0.15) is 110 Å². The first-order valence-electron chi connectivity index (χ1n) is 12.5. The molecule has 1 heteroatoms. The molecule has 1 rings (SSSR count). The van der Waals surface area contributed by atoms with Crippen LogP contribution in [0.15, 0.2) is 18.2 Å². The lowest BCUT2D eigenvalue weighted by atomic mass is 9.91. The van der Waals surface area contributed by atoms with Crippen molar-refractivity contribution < 1.29 is 4.74 Å². The average Bonchev–Trinajstić information content (AvgIpc) is 2.64. The van der Waals surface area contributed by atoms with Gasteiger partial charge < -0.3 is 4.74 Å². The topological polar surface area (TPSA) is 9.23 Å². The fourth-order valence-corrected chi connectivity index (χ4v) is 4.12. The van der Waals surface area contributed by atoms with Crippen LogP contribution in [0.2, 0.25) is 0 Å². The van der Waals surface area contributed by atoms with Crippen molar-refractivity contribution in [2.45, 2.75) is 113 Å². The summed E-state index contributed by atoms with van der Waals surface area (Å²) >= 11 is 0. The van der Waals surface area contributed by atoms with E-state index < -0.39 is 0 Å². The van der Waals surface area contributed by atoms with E-state index in [0.717, 1.165) is 42.4 Å². The van der Waals surface area contributed by atoms with E-state index in [1.54, 1.807) is 0 Å². The standard InChI is InChI=1S/C28H50O/c1-22(2)11-8-12-23(3)13-9-14-24(4)15-10-16-25(5)19-20-29-28-18-17-26(6)27(7)21-28/h17-18,21-25H,8-16,19-20H2,1-7H3/t23-,24-,25?/m1/s1. The quantitative estimate of drug-likeness (QED) is 0.268. The Morgan fingerprint density at radius 1 is 0.621 bits per heavy atom. The van der Waals surface area contributed by atoms with Gasteiger partial charge in [-0.15, -0.1) is 0 Å². The molecular weight excluding hydrogens is 352 g/mol. The lowest BCUT2D eigenvalue weighted by molar-refractivity contribution is 0.274. The van der Waals surface area contributed by atoms with Crippen LogP contribution >= 0.6 is 0 Å². The van der Waals surface area contributed by atoms with Crippen LogP contribution in [-0.2, 0) is 0 Å². The molecule has 1 aromatic rings. The van der Waals surface area contributed by atoms with Gasteiger partial charge in [0.05, 0.1) is 6.61 Å². The average molecular weight is 403 g/mol. The van der Waals surface area contributed by atoms with Crippen molar-refractivity contribution in [2.24, 2.45) is 23.7 Å². The lowest BCUT2D eigenvalue weighted by Gasteiger charge is -2.16. The molecule has 1 unspecified atom stereocenters. The maximum absolute atomic E-state index is 5.96. The first-order chi connectivity index (χ1) is 13.8. The fourth-order valence-electron chi connectivity index (χ4n) is 4.12. The molecule has 168 valence electrons. The van der Waals surface area contributed by atoms with Crippen molar-refractivity contribution in [2.75, 3.05) is 6.61 Å². The molecule has 29 heavy (non-hydrogen) atoms. The molecule has 0 aliphatic heterocycles. The van der Waals surface area contributed by atoms with Gasteiger partial charge in [0.15, 0.2) is 0 Å². The summed E-state index contributed by atoms with van der Waals surface area (Å²) in [7, 11) is 0. The number of rotatable bonds is 16. The van der Waals surface area contributed by atoms with Crippen LogP contribution in [0, 0.1) is 37.5 Å². The van der Waals surface area contributed by atoms with Crippen molar-refractivity contribution >= 4 is 0 Å². The second-order valence-corrected chi connectivity index (χ2v) is 10.4. The molecule has 0 amide bonds. The zero-order valence-electron chi connectivity index (χ0n) is 20.7. The summed E-state index contributed by atoms with van der Waals surface area (Å²) in [4.78, 5) is 0.